The van der Waals surface area contributed by atoms with Gasteiger partial charge in [-0.2, -0.15) is 0 Å². The standard InChI is InChI=1S/C26H21ClN4O5/c1-14(28-20-6-5-16(27)9-18(20)26(33)34)17-3-2-8-31-23(32)10-22(29-25(17)31)30-11-15-4-7-21-24(19(15)12-30)36-13-35-21/h2-10,14,28H,11-13H2,1H3,(H,33,34)/t14-/m1/s1. The molecule has 0 fully saturated rings. The lowest BCUT2D eigenvalue weighted by Gasteiger charge is -2.21. The lowest BCUT2D eigenvalue weighted by atomic mass is 10.1. The van der Waals surface area contributed by atoms with E-state index in [4.69, 9.17) is 26.1 Å². The molecule has 0 amide bonds. The summed E-state index contributed by atoms with van der Waals surface area (Å²) in [6.45, 7) is 3.23. The highest BCUT2D eigenvalue weighted by Gasteiger charge is 2.29. The van der Waals surface area contributed by atoms with E-state index in [9.17, 15) is 14.7 Å². The summed E-state index contributed by atoms with van der Waals surface area (Å²) in [6, 6.07) is 13.4. The van der Waals surface area contributed by atoms with Crippen LogP contribution in [0.5, 0.6) is 11.5 Å². The molecule has 0 saturated carbocycles. The van der Waals surface area contributed by atoms with Gasteiger partial charge in [-0.25, -0.2) is 9.78 Å². The van der Waals surface area contributed by atoms with Crippen molar-refractivity contribution < 1.29 is 19.4 Å². The first-order valence-electron chi connectivity index (χ1n) is 11.4. The van der Waals surface area contributed by atoms with Crippen molar-refractivity contribution in [3.05, 3.63) is 92.4 Å². The molecule has 10 heteroatoms. The van der Waals surface area contributed by atoms with Gasteiger partial charge in [0.2, 0.25) is 6.79 Å². The zero-order valence-corrected chi connectivity index (χ0v) is 20.0. The van der Waals surface area contributed by atoms with E-state index >= 15 is 0 Å². The first kappa shape index (κ1) is 22.2. The molecule has 0 radical (unpaired) electrons. The van der Waals surface area contributed by atoms with Crippen molar-refractivity contribution in [3.63, 3.8) is 0 Å². The molecule has 0 saturated heterocycles. The smallest absolute Gasteiger partial charge is 0.337 e. The van der Waals surface area contributed by atoms with Crippen molar-refractivity contribution in [2.75, 3.05) is 17.0 Å². The van der Waals surface area contributed by atoms with Crippen LogP contribution in [0.15, 0.2) is 59.5 Å². The minimum absolute atomic E-state index is 0.0639. The number of benzene rings is 2. The van der Waals surface area contributed by atoms with Crippen molar-refractivity contribution in [3.8, 4) is 11.5 Å². The molecule has 2 aliphatic rings. The zero-order chi connectivity index (χ0) is 25.0. The SMILES string of the molecule is C[C@@H](Nc1ccc(Cl)cc1C(=O)O)c1cccn2c(=O)cc(N3Cc4ccc5c(c4C3)OCO5)nc12. The molecular weight excluding hydrogens is 484 g/mol. The molecule has 0 aliphatic carbocycles. The van der Waals surface area contributed by atoms with Crippen LogP contribution in [0.3, 0.4) is 0 Å². The van der Waals surface area contributed by atoms with E-state index in [2.05, 4.69) is 5.32 Å². The van der Waals surface area contributed by atoms with Crippen LogP contribution >= 0.6 is 11.6 Å². The van der Waals surface area contributed by atoms with E-state index in [1.807, 2.05) is 30.0 Å². The van der Waals surface area contributed by atoms with Crippen LogP contribution in [0, 0.1) is 0 Å². The number of hydrogen-bond donors (Lipinski definition) is 2. The molecule has 4 heterocycles. The maximum Gasteiger partial charge on any atom is 0.337 e. The Morgan fingerprint density at radius 3 is 2.86 bits per heavy atom. The van der Waals surface area contributed by atoms with Crippen LogP contribution in [0.4, 0.5) is 11.5 Å². The van der Waals surface area contributed by atoms with Crippen LogP contribution in [0.2, 0.25) is 5.02 Å². The van der Waals surface area contributed by atoms with Gasteiger partial charge in [0.1, 0.15) is 11.5 Å². The third-order valence-corrected chi connectivity index (χ3v) is 6.77. The summed E-state index contributed by atoms with van der Waals surface area (Å²) in [5.74, 6) is 0.952. The van der Waals surface area contributed by atoms with Gasteiger partial charge in [-0.3, -0.25) is 9.20 Å². The summed E-state index contributed by atoms with van der Waals surface area (Å²) in [5, 5.41) is 13.2. The van der Waals surface area contributed by atoms with Crippen LogP contribution in [0.1, 0.15) is 40.0 Å². The van der Waals surface area contributed by atoms with Crippen LogP contribution in [0.25, 0.3) is 5.65 Å². The number of carboxylic acid groups (broad SMARTS) is 1. The number of halogens is 1. The Hall–Kier alpha value is -4.24. The van der Waals surface area contributed by atoms with Crippen LogP contribution in [-0.4, -0.2) is 27.3 Å². The van der Waals surface area contributed by atoms with E-state index in [-0.39, 0.29) is 24.0 Å². The second-order valence-electron chi connectivity index (χ2n) is 8.76. The Bertz CT molecular complexity index is 1600. The van der Waals surface area contributed by atoms with Gasteiger partial charge in [-0.1, -0.05) is 23.7 Å². The Morgan fingerprint density at radius 1 is 1.17 bits per heavy atom. The highest BCUT2D eigenvalue weighted by atomic mass is 35.5. The minimum atomic E-state index is -1.09. The number of carboxylic acids is 1. The molecule has 2 aromatic carbocycles. The quantitative estimate of drug-likeness (QED) is 0.410. The monoisotopic (exact) mass is 504 g/mol. The first-order chi connectivity index (χ1) is 17.4. The predicted octanol–water partition coefficient (Wildman–Crippen LogP) is 4.47. The molecule has 2 aromatic heterocycles. The lowest BCUT2D eigenvalue weighted by Crippen LogP contribution is -2.23. The fraction of sp³-hybridized carbons (Fsp3) is 0.192. The van der Waals surface area contributed by atoms with E-state index in [1.165, 1.54) is 16.5 Å². The Balaban J connectivity index is 1.37. The fourth-order valence-corrected chi connectivity index (χ4v) is 4.94. The van der Waals surface area contributed by atoms with Gasteiger partial charge in [-0.05, 0) is 42.8 Å². The molecule has 182 valence electrons. The van der Waals surface area contributed by atoms with Crippen molar-refractivity contribution in [1.29, 1.82) is 0 Å². The summed E-state index contributed by atoms with van der Waals surface area (Å²) in [6.07, 6.45) is 1.67. The summed E-state index contributed by atoms with van der Waals surface area (Å²) in [7, 11) is 0. The van der Waals surface area contributed by atoms with Gasteiger partial charge in [0.05, 0.1) is 11.6 Å². The molecule has 6 rings (SSSR count). The number of nitrogens with zero attached hydrogens (tertiary/aromatic N) is 3. The Kier molecular flexibility index (Phi) is 5.22. The van der Waals surface area contributed by atoms with E-state index in [0.29, 0.717) is 35.3 Å². The first-order valence-corrected chi connectivity index (χ1v) is 11.7. The normalized spacial score (nSPS) is 14.7. The maximum atomic E-state index is 13.1. The number of aromatic carboxylic acids is 1. The number of aromatic nitrogens is 2. The van der Waals surface area contributed by atoms with Gasteiger partial charge in [-0.15, -0.1) is 0 Å². The molecule has 0 bridgehead atoms. The Labute approximate surface area is 210 Å². The van der Waals surface area contributed by atoms with E-state index in [1.54, 1.807) is 24.4 Å². The summed E-state index contributed by atoms with van der Waals surface area (Å²) >= 11 is 6.00. The molecule has 4 aromatic rings. The van der Waals surface area contributed by atoms with Crippen molar-refractivity contribution in [1.82, 2.24) is 9.38 Å². The molecular formula is C26H21ClN4O5. The zero-order valence-electron chi connectivity index (χ0n) is 19.2. The highest BCUT2D eigenvalue weighted by Crippen LogP contribution is 2.42. The van der Waals surface area contributed by atoms with Crippen molar-refractivity contribution in [2.24, 2.45) is 0 Å². The molecule has 2 aliphatic heterocycles. The average Bonchev–Trinajstić information content (AvgIpc) is 3.51. The summed E-state index contributed by atoms with van der Waals surface area (Å²) < 4.78 is 12.7. The van der Waals surface area contributed by atoms with Gasteiger partial charge in [0.25, 0.3) is 5.56 Å². The second kappa shape index (κ2) is 8.46. The second-order valence-corrected chi connectivity index (χ2v) is 9.20. The number of ether oxygens (including phenoxy) is 2. The van der Waals surface area contributed by atoms with Gasteiger partial charge in [0.15, 0.2) is 11.5 Å². The molecule has 0 unspecified atom stereocenters. The fourth-order valence-electron chi connectivity index (χ4n) is 4.77. The number of nitrogens with one attached hydrogen (secondary N) is 1. The Morgan fingerprint density at radius 2 is 2.03 bits per heavy atom. The van der Waals surface area contributed by atoms with Gasteiger partial charge < -0.3 is 24.8 Å². The number of rotatable bonds is 5. The molecule has 0 spiro atoms. The van der Waals surface area contributed by atoms with Crippen LogP contribution in [-0.2, 0) is 13.1 Å². The number of anilines is 2. The third kappa shape index (κ3) is 3.68. The van der Waals surface area contributed by atoms with Gasteiger partial charge >= 0.3 is 5.97 Å². The molecule has 1 atom stereocenters. The average molecular weight is 505 g/mol. The minimum Gasteiger partial charge on any atom is -0.478 e. The summed E-state index contributed by atoms with van der Waals surface area (Å²) in [5.41, 5.74) is 3.67. The molecule has 36 heavy (non-hydrogen) atoms. The third-order valence-electron chi connectivity index (χ3n) is 6.53. The molecule has 9 nitrogen and oxygen atoms in total. The number of pyridine rings is 1. The maximum absolute atomic E-state index is 13.1. The largest absolute Gasteiger partial charge is 0.478 e. The number of fused-ring (bicyclic) bond motifs is 4. The summed E-state index contributed by atoms with van der Waals surface area (Å²) in [4.78, 5) is 31.7. The topological polar surface area (TPSA) is 105 Å². The van der Waals surface area contributed by atoms with Crippen molar-refractivity contribution >= 4 is 34.7 Å². The number of hydrogen-bond acceptors (Lipinski definition) is 7. The number of carbonyl (C=O) groups is 1. The van der Waals surface area contributed by atoms with Crippen LogP contribution < -0.4 is 25.2 Å². The lowest BCUT2D eigenvalue weighted by molar-refractivity contribution is 0.0698. The van der Waals surface area contributed by atoms with Gasteiger partial charge in [0, 0.05) is 47.2 Å². The van der Waals surface area contributed by atoms with Crippen molar-refractivity contribution in [2.45, 2.75) is 26.1 Å². The van der Waals surface area contributed by atoms with E-state index in [0.717, 1.165) is 28.2 Å². The molecule has 2 N–H and O–H groups in total. The van der Waals surface area contributed by atoms with E-state index < -0.39 is 5.97 Å². The highest BCUT2D eigenvalue weighted by molar-refractivity contribution is 6.31. The predicted molar refractivity (Wildman–Crippen MR) is 134 cm³/mol.